The normalized spacial score (nSPS) is 10.0. The molecule has 5 nitrogen and oxygen atoms in total. The molecule has 1 heterocycles. The van der Waals surface area contributed by atoms with Gasteiger partial charge in [0.05, 0.1) is 12.7 Å². The second kappa shape index (κ2) is 6.65. The monoisotopic (exact) mass is 284 g/mol. The highest BCUT2D eigenvalue weighted by molar-refractivity contribution is 5.94. The number of hydrogen-bond donors (Lipinski definition) is 1. The maximum absolute atomic E-state index is 12.0. The maximum Gasteiger partial charge on any atom is 0.339 e. The van der Waals surface area contributed by atoms with Crippen molar-refractivity contribution < 1.29 is 14.3 Å². The lowest BCUT2D eigenvalue weighted by Crippen LogP contribution is -2.24. The number of ether oxygens (including phenoxy) is 1. The number of esters is 1. The SMILES string of the molecule is COC(=O)c1ccc(C(=O)NCc2ccccc2C)nc1. The highest BCUT2D eigenvalue weighted by Crippen LogP contribution is 2.07. The molecule has 0 bridgehead atoms. The molecule has 108 valence electrons. The molecule has 21 heavy (non-hydrogen) atoms. The number of nitrogens with one attached hydrogen (secondary N) is 1. The molecule has 0 aliphatic carbocycles. The molecule has 0 spiro atoms. The zero-order valence-electron chi connectivity index (χ0n) is 11.9. The molecule has 1 N–H and O–H groups in total. The van der Waals surface area contributed by atoms with Crippen LogP contribution in [-0.4, -0.2) is 24.0 Å². The molecule has 0 atom stereocenters. The first-order chi connectivity index (χ1) is 10.1. The molecule has 0 aliphatic heterocycles. The Kier molecular flexibility index (Phi) is 4.66. The van der Waals surface area contributed by atoms with Gasteiger partial charge in [0.2, 0.25) is 0 Å². The lowest BCUT2D eigenvalue weighted by molar-refractivity contribution is 0.0599. The van der Waals surface area contributed by atoms with Crippen LogP contribution in [0.1, 0.15) is 32.0 Å². The van der Waals surface area contributed by atoms with Crippen molar-refractivity contribution in [3.05, 3.63) is 65.0 Å². The van der Waals surface area contributed by atoms with Crippen LogP contribution >= 0.6 is 0 Å². The fourth-order valence-electron chi connectivity index (χ4n) is 1.84. The molecule has 2 aromatic rings. The Morgan fingerprint density at radius 1 is 1.19 bits per heavy atom. The van der Waals surface area contributed by atoms with E-state index in [4.69, 9.17) is 0 Å². The number of pyridine rings is 1. The molecule has 0 fully saturated rings. The number of rotatable bonds is 4. The minimum Gasteiger partial charge on any atom is -0.465 e. The summed E-state index contributed by atoms with van der Waals surface area (Å²) in [6, 6.07) is 10.8. The van der Waals surface area contributed by atoms with Crippen molar-refractivity contribution in [1.29, 1.82) is 0 Å². The highest BCUT2D eigenvalue weighted by Gasteiger charge is 2.10. The first kappa shape index (κ1) is 14.7. The molecule has 1 aromatic carbocycles. The highest BCUT2D eigenvalue weighted by atomic mass is 16.5. The maximum atomic E-state index is 12.0. The summed E-state index contributed by atoms with van der Waals surface area (Å²) in [5, 5.41) is 2.80. The summed E-state index contributed by atoms with van der Waals surface area (Å²) >= 11 is 0. The van der Waals surface area contributed by atoms with Crippen LogP contribution in [0.25, 0.3) is 0 Å². The molecule has 0 saturated carbocycles. The summed E-state index contributed by atoms with van der Waals surface area (Å²) in [6.07, 6.45) is 1.33. The number of carbonyl (C=O) groups excluding carboxylic acids is 2. The van der Waals surface area contributed by atoms with Gasteiger partial charge in [-0.1, -0.05) is 24.3 Å². The Bertz CT molecular complexity index is 651. The van der Waals surface area contributed by atoms with Crippen LogP contribution in [0.3, 0.4) is 0 Å². The fraction of sp³-hybridized carbons (Fsp3) is 0.188. The Morgan fingerprint density at radius 2 is 1.95 bits per heavy atom. The van der Waals surface area contributed by atoms with Gasteiger partial charge in [-0.05, 0) is 30.2 Å². The first-order valence-corrected chi connectivity index (χ1v) is 6.49. The van der Waals surface area contributed by atoms with Crippen molar-refractivity contribution in [2.75, 3.05) is 7.11 Å². The molecule has 0 aliphatic rings. The van der Waals surface area contributed by atoms with E-state index in [0.29, 0.717) is 12.1 Å². The largest absolute Gasteiger partial charge is 0.465 e. The molecule has 1 amide bonds. The van der Waals surface area contributed by atoms with Crippen LogP contribution in [0.5, 0.6) is 0 Å². The molecule has 5 heteroatoms. The van der Waals surface area contributed by atoms with Crippen molar-refractivity contribution in [2.24, 2.45) is 0 Å². The Morgan fingerprint density at radius 3 is 2.57 bits per heavy atom. The number of carbonyl (C=O) groups is 2. The van der Waals surface area contributed by atoms with E-state index in [2.05, 4.69) is 15.0 Å². The van der Waals surface area contributed by atoms with Crippen molar-refractivity contribution in [2.45, 2.75) is 13.5 Å². The van der Waals surface area contributed by atoms with Gasteiger partial charge in [-0.2, -0.15) is 0 Å². The summed E-state index contributed by atoms with van der Waals surface area (Å²) in [7, 11) is 1.30. The van der Waals surface area contributed by atoms with Crippen LogP contribution in [0.2, 0.25) is 0 Å². The molecular weight excluding hydrogens is 268 g/mol. The van der Waals surface area contributed by atoms with E-state index < -0.39 is 5.97 Å². The number of benzene rings is 1. The molecule has 0 saturated heterocycles. The predicted molar refractivity (Wildman–Crippen MR) is 77.9 cm³/mol. The zero-order valence-corrected chi connectivity index (χ0v) is 11.9. The van der Waals surface area contributed by atoms with E-state index in [1.54, 1.807) is 0 Å². The van der Waals surface area contributed by atoms with Crippen LogP contribution in [0, 0.1) is 6.92 Å². The van der Waals surface area contributed by atoms with Crippen LogP contribution in [0.4, 0.5) is 0 Å². The summed E-state index contributed by atoms with van der Waals surface area (Å²) in [5.41, 5.74) is 2.74. The smallest absolute Gasteiger partial charge is 0.339 e. The van der Waals surface area contributed by atoms with E-state index in [9.17, 15) is 9.59 Å². The van der Waals surface area contributed by atoms with E-state index in [1.807, 2.05) is 31.2 Å². The summed E-state index contributed by atoms with van der Waals surface area (Å²) in [6.45, 7) is 2.43. The molecule has 0 unspecified atom stereocenters. The van der Waals surface area contributed by atoms with Gasteiger partial charge in [-0.25, -0.2) is 4.79 Å². The number of nitrogens with zero attached hydrogens (tertiary/aromatic N) is 1. The average Bonchev–Trinajstić information content (AvgIpc) is 2.53. The summed E-state index contributed by atoms with van der Waals surface area (Å²) in [5.74, 6) is -0.760. The molecule has 0 radical (unpaired) electrons. The van der Waals surface area contributed by atoms with Gasteiger partial charge in [0, 0.05) is 12.7 Å². The summed E-state index contributed by atoms with van der Waals surface area (Å²) < 4.78 is 4.58. The average molecular weight is 284 g/mol. The zero-order chi connectivity index (χ0) is 15.2. The third kappa shape index (κ3) is 3.66. The van der Waals surface area contributed by atoms with Crippen LogP contribution in [0.15, 0.2) is 42.6 Å². The van der Waals surface area contributed by atoms with Crippen molar-refractivity contribution in [3.63, 3.8) is 0 Å². The van der Waals surface area contributed by atoms with Crippen molar-refractivity contribution >= 4 is 11.9 Å². The Balaban J connectivity index is 2.01. The van der Waals surface area contributed by atoms with E-state index in [1.165, 1.54) is 25.4 Å². The number of methoxy groups -OCH3 is 1. The standard InChI is InChI=1S/C16H16N2O3/c1-11-5-3-4-6-12(11)9-18-15(19)14-8-7-13(10-17-14)16(20)21-2/h3-8,10H,9H2,1-2H3,(H,18,19). The second-order valence-corrected chi connectivity index (χ2v) is 4.53. The third-order valence-corrected chi connectivity index (χ3v) is 3.12. The van der Waals surface area contributed by atoms with Crippen LogP contribution in [-0.2, 0) is 11.3 Å². The lowest BCUT2D eigenvalue weighted by atomic mass is 10.1. The van der Waals surface area contributed by atoms with E-state index in [0.717, 1.165) is 11.1 Å². The lowest BCUT2D eigenvalue weighted by Gasteiger charge is -2.07. The topological polar surface area (TPSA) is 68.3 Å². The van der Waals surface area contributed by atoms with Gasteiger partial charge in [-0.3, -0.25) is 9.78 Å². The first-order valence-electron chi connectivity index (χ1n) is 6.49. The Hall–Kier alpha value is -2.69. The Labute approximate surface area is 123 Å². The van der Waals surface area contributed by atoms with E-state index >= 15 is 0 Å². The van der Waals surface area contributed by atoms with Gasteiger partial charge < -0.3 is 10.1 Å². The van der Waals surface area contributed by atoms with E-state index in [-0.39, 0.29) is 11.6 Å². The van der Waals surface area contributed by atoms with Gasteiger partial charge in [-0.15, -0.1) is 0 Å². The van der Waals surface area contributed by atoms with Crippen molar-refractivity contribution in [1.82, 2.24) is 10.3 Å². The van der Waals surface area contributed by atoms with Crippen LogP contribution < -0.4 is 5.32 Å². The van der Waals surface area contributed by atoms with Gasteiger partial charge in [0.1, 0.15) is 5.69 Å². The fourth-order valence-corrected chi connectivity index (χ4v) is 1.84. The number of amides is 1. The van der Waals surface area contributed by atoms with Gasteiger partial charge in [0.15, 0.2) is 0 Å². The quantitative estimate of drug-likeness (QED) is 0.873. The minimum absolute atomic E-state index is 0.260. The number of hydrogen-bond acceptors (Lipinski definition) is 4. The van der Waals surface area contributed by atoms with Gasteiger partial charge >= 0.3 is 5.97 Å². The second-order valence-electron chi connectivity index (χ2n) is 4.53. The van der Waals surface area contributed by atoms with Gasteiger partial charge in [0.25, 0.3) is 5.91 Å². The molecular formula is C16H16N2O3. The molecule has 1 aromatic heterocycles. The summed E-state index contributed by atoms with van der Waals surface area (Å²) in [4.78, 5) is 27.2. The predicted octanol–water partition coefficient (Wildman–Crippen LogP) is 2.11. The number of aromatic nitrogens is 1. The minimum atomic E-state index is -0.477. The number of aryl methyl sites for hydroxylation is 1. The third-order valence-electron chi connectivity index (χ3n) is 3.12. The molecule has 2 rings (SSSR count). The van der Waals surface area contributed by atoms with Crippen molar-refractivity contribution in [3.8, 4) is 0 Å².